The van der Waals surface area contributed by atoms with Crippen molar-refractivity contribution in [1.82, 2.24) is 10.6 Å². The molecule has 3 unspecified atom stereocenters. The Morgan fingerprint density at radius 2 is 2.20 bits per heavy atom. The Morgan fingerprint density at radius 3 is 2.93 bits per heavy atom. The van der Waals surface area contributed by atoms with Crippen molar-refractivity contribution in [2.24, 2.45) is 5.92 Å². The van der Waals surface area contributed by atoms with E-state index in [1.165, 1.54) is 7.11 Å². The van der Waals surface area contributed by atoms with E-state index in [2.05, 4.69) is 10.6 Å². The molecular weight excluding hydrogens is 196 g/mol. The minimum absolute atomic E-state index is 0.0155. The molecule has 1 aliphatic carbocycles. The number of fused-ring (bicyclic) bond motifs is 1. The van der Waals surface area contributed by atoms with E-state index < -0.39 is 0 Å². The van der Waals surface area contributed by atoms with Crippen molar-refractivity contribution in [1.29, 1.82) is 0 Å². The van der Waals surface area contributed by atoms with Gasteiger partial charge in [-0.25, -0.2) is 0 Å². The first-order valence-corrected chi connectivity index (χ1v) is 5.31. The topological polar surface area (TPSA) is 67.4 Å². The van der Waals surface area contributed by atoms with E-state index in [1.807, 2.05) is 0 Å². The van der Waals surface area contributed by atoms with Crippen LogP contribution < -0.4 is 10.6 Å². The number of rotatable bonds is 1. The second-order valence-corrected chi connectivity index (χ2v) is 4.19. The SMILES string of the molecule is COC(=O)C1CCC2NCC(=O)NC2C1. The van der Waals surface area contributed by atoms with E-state index >= 15 is 0 Å². The Labute approximate surface area is 88.5 Å². The molecule has 1 aliphatic heterocycles. The minimum Gasteiger partial charge on any atom is -0.469 e. The molecule has 2 N–H and O–H groups in total. The first-order valence-electron chi connectivity index (χ1n) is 5.31. The number of hydrogen-bond donors (Lipinski definition) is 2. The highest BCUT2D eigenvalue weighted by molar-refractivity contribution is 5.79. The summed E-state index contributed by atoms with van der Waals surface area (Å²) in [7, 11) is 1.41. The van der Waals surface area contributed by atoms with Gasteiger partial charge in [0.15, 0.2) is 0 Å². The molecule has 1 saturated heterocycles. The Morgan fingerprint density at radius 1 is 1.40 bits per heavy atom. The normalized spacial score (nSPS) is 35.3. The zero-order valence-corrected chi connectivity index (χ0v) is 8.79. The van der Waals surface area contributed by atoms with Crippen LogP contribution in [0.2, 0.25) is 0 Å². The van der Waals surface area contributed by atoms with Gasteiger partial charge in [0.05, 0.1) is 19.6 Å². The molecule has 15 heavy (non-hydrogen) atoms. The van der Waals surface area contributed by atoms with Gasteiger partial charge >= 0.3 is 5.97 Å². The second-order valence-electron chi connectivity index (χ2n) is 4.19. The maximum absolute atomic E-state index is 11.4. The smallest absolute Gasteiger partial charge is 0.308 e. The second kappa shape index (κ2) is 4.18. The van der Waals surface area contributed by atoms with Crippen LogP contribution >= 0.6 is 0 Å². The van der Waals surface area contributed by atoms with Crippen LogP contribution in [0.1, 0.15) is 19.3 Å². The van der Waals surface area contributed by atoms with Gasteiger partial charge in [0.2, 0.25) is 5.91 Å². The van der Waals surface area contributed by atoms with Crippen LogP contribution in [0.5, 0.6) is 0 Å². The van der Waals surface area contributed by atoms with Crippen molar-refractivity contribution in [3.63, 3.8) is 0 Å². The number of carbonyl (C=O) groups is 2. The standard InChI is InChI=1S/C10H16N2O3/c1-15-10(14)6-2-3-7-8(4-6)12-9(13)5-11-7/h6-8,11H,2-5H2,1H3,(H,12,13). The summed E-state index contributed by atoms with van der Waals surface area (Å²) < 4.78 is 4.72. The van der Waals surface area contributed by atoms with Crippen LogP contribution in [0.25, 0.3) is 0 Å². The van der Waals surface area contributed by atoms with Crippen LogP contribution in [0.3, 0.4) is 0 Å². The lowest BCUT2D eigenvalue weighted by molar-refractivity contribution is -0.147. The predicted octanol–water partition coefficient (Wildman–Crippen LogP) is -0.584. The Balaban J connectivity index is 1.97. The van der Waals surface area contributed by atoms with Gasteiger partial charge in [-0.15, -0.1) is 0 Å². The maximum atomic E-state index is 11.4. The molecule has 0 aromatic heterocycles. The molecule has 5 heteroatoms. The predicted molar refractivity (Wildman–Crippen MR) is 53.1 cm³/mol. The van der Waals surface area contributed by atoms with Crippen molar-refractivity contribution in [3.8, 4) is 0 Å². The van der Waals surface area contributed by atoms with Crippen LogP contribution in [-0.4, -0.2) is 37.6 Å². The minimum atomic E-state index is -0.159. The zero-order chi connectivity index (χ0) is 10.8. The number of carbonyl (C=O) groups excluding carboxylic acids is 2. The summed E-state index contributed by atoms with van der Waals surface area (Å²) >= 11 is 0. The van der Waals surface area contributed by atoms with Gasteiger partial charge in [0, 0.05) is 12.1 Å². The van der Waals surface area contributed by atoms with Gasteiger partial charge in [-0.05, 0) is 19.3 Å². The van der Waals surface area contributed by atoms with E-state index in [1.54, 1.807) is 0 Å². The molecule has 1 saturated carbocycles. The Bertz CT molecular complexity index is 280. The lowest BCUT2D eigenvalue weighted by Gasteiger charge is -2.39. The highest BCUT2D eigenvalue weighted by Crippen LogP contribution is 2.26. The Kier molecular flexibility index (Phi) is 2.90. The van der Waals surface area contributed by atoms with Crippen molar-refractivity contribution in [2.75, 3.05) is 13.7 Å². The number of nitrogens with one attached hydrogen (secondary N) is 2. The molecule has 2 rings (SSSR count). The fourth-order valence-electron chi connectivity index (χ4n) is 2.44. The number of esters is 1. The summed E-state index contributed by atoms with van der Waals surface area (Å²) in [6.45, 7) is 0.393. The number of ether oxygens (including phenoxy) is 1. The molecule has 0 radical (unpaired) electrons. The van der Waals surface area contributed by atoms with Gasteiger partial charge < -0.3 is 15.4 Å². The van der Waals surface area contributed by atoms with E-state index in [0.29, 0.717) is 19.0 Å². The molecule has 1 heterocycles. The average Bonchev–Trinajstić information content (AvgIpc) is 2.27. The third kappa shape index (κ3) is 2.12. The molecular formula is C10H16N2O3. The fourth-order valence-corrected chi connectivity index (χ4v) is 2.44. The van der Waals surface area contributed by atoms with Crippen LogP contribution in [0.15, 0.2) is 0 Å². The average molecular weight is 212 g/mol. The van der Waals surface area contributed by atoms with E-state index in [0.717, 1.165) is 12.8 Å². The number of amides is 1. The quantitative estimate of drug-likeness (QED) is 0.570. The summed E-state index contributed by atoms with van der Waals surface area (Å²) in [5.41, 5.74) is 0. The highest BCUT2D eigenvalue weighted by atomic mass is 16.5. The molecule has 5 nitrogen and oxygen atoms in total. The largest absolute Gasteiger partial charge is 0.469 e. The molecule has 1 amide bonds. The van der Waals surface area contributed by atoms with Crippen LogP contribution in [0, 0.1) is 5.92 Å². The molecule has 0 aromatic rings. The molecule has 84 valence electrons. The summed E-state index contributed by atoms with van der Waals surface area (Å²) in [4.78, 5) is 22.5. The first kappa shape index (κ1) is 10.4. The zero-order valence-electron chi connectivity index (χ0n) is 8.79. The summed E-state index contributed by atoms with van der Waals surface area (Å²) in [5, 5.41) is 6.10. The molecule has 0 bridgehead atoms. The van der Waals surface area contributed by atoms with E-state index in [4.69, 9.17) is 4.74 Å². The number of methoxy groups -OCH3 is 1. The summed E-state index contributed by atoms with van der Waals surface area (Å²) in [5.74, 6) is -0.202. The molecule has 0 aromatic carbocycles. The van der Waals surface area contributed by atoms with Crippen LogP contribution in [0.4, 0.5) is 0 Å². The van der Waals surface area contributed by atoms with E-state index in [-0.39, 0.29) is 23.8 Å². The van der Waals surface area contributed by atoms with Crippen LogP contribution in [-0.2, 0) is 14.3 Å². The molecule has 2 aliphatic rings. The molecule has 0 spiro atoms. The van der Waals surface area contributed by atoms with Gasteiger partial charge in [-0.1, -0.05) is 0 Å². The summed E-state index contributed by atoms with van der Waals surface area (Å²) in [6.07, 6.45) is 2.46. The summed E-state index contributed by atoms with van der Waals surface area (Å²) in [6, 6.07) is 0.410. The lowest BCUT2D eigenvalue weighted by Crippen LogP contribution is -2.61. The fraction of sp³-hybridized carbons (Fsp3) is 0.800. The molecule has 3 atom stereocenters. The van der Waals surface area contributed by atoms with Gasteiger partial charge in [-0.3, -0.25) is 9.59 Å². The third-order valence-corrected chi connectivity index (χ3v) is 3.26. The van der Waals surface area contributed by atoms with Gasteiger partial charge in [0.25, 0.3) is 0 Å². The maximum Gasteiger partial charge on any atom is 0.308 e. The Hall–Kier alpha value is -1.10. The van der Waals surface area contributed by atoms with Crippen molar-refractivity contribution in [2.45, 2.75) is 31.3 Å². The monoisotopic (exact) mass is 212 g/mol. The third-order valence-electron chi connectivity index (χ3n) is 3.26. The van der Waals surface area contributed by atoms with Gasteiger partial charge in [0.1, 0.15) is 0 Å². The molecule has 2 fully saturated rings. The van der Waals surface area contributed by atoms with Gasteiger partial charge in [-0.2, -0.15) is 0 Å². The van der Waals surface area contributed by atoms with Crippen molar-refractivity contribution >= 4 is 11.9 Å². The highest BCUT2D eigenvalue weighted by Gasteiger charge is 2.37. The van der Waals surface area contributed by atoms with E-state index in [9.17, 15) is 9.59 Å². The van der Waals surface area contributed by atoms with Crippen molar-refractivity contribution < 1.29 is 14.3 Å². The number of hydrogen-bond acceptors (Lipinski definition) is 4. The lowest BCUT2D eigenvalue weighted by atomic mass is 9.81. The number of piperazine rings is 1. The van der Waals surface area contributed by atoms with Crippen molar-refractivity contribution in [3.05, 3.63) is 0 Å². The first-order chi connectivity index (χ1) is 7.20.